The number of Topliss-reactive ketones (excluding diaryl/α,β-unsaturated/α-hetero) is 1. The van der Waals surface area contributed by atoms with E-state index in [1.54, 1.807) is 7.11 Å². The fourth-order valence-electron chi connectivity index (χ4n) is 2.64. The van der Waals surface area contributed by atoms with E-state index in [4.69, 9.17) is 16.3 Å². The maximum absolute atomic E-state index is 12.5. The van der Waals surface area contributed by atoms with Gasteiger partial charge < -0.3 is 4.74 Å². The Bertz CT molecular complexity index is 732. The fraction of sp³-hybridized carbons (Fsp3) is 0.167. The van der Waals surface area contributed by atoms with Crippen molar-refractivity contribution in [3.05, 3.63) is 69.8 Å². The minimum absolute atomic E-state index is 0.0933. The molecule has 0 bridgehead atoms. The number of ether oxygens (including phenoxy) is 1. The quantitative estimate of drug-likeness (QED) is 0.760. The van der Waals surface area contributed by atoms with Crippen molar-refractivity contribution in [3.8, 4) is 5.75 Å². The topological polar surface area (TPSA) is 26.3 Å². The molecule has 0 aromatic heterocycles. The molecule has 21 heavy (non-hydrogen) atoms. The van der Waals surface area contributed by atoms with E-state index in [0.717, 1.165) is 35.1 Å². The first kappa shape index (κ1) is 13.9. The third kappa shape index (κ3) is 2.59. The first-order chi connectivity index (χ1) is 10.2. The number of aryl methyl sites for hydroxylation is 1. The van der Waals surface area contributed by atoms with Gasteiger partial charge in [-0.05, 0) is 36.1 Å². The minimum Gasteiger partial charge on any atom is -0.495 e. The SMILES string of the molecule is COc1cccc(/C=C2\CCc3ccccc3C2=O)c1Cl. The van der Waals surface area contributed by atoms with Gasteiger partial charge in [0.2, 0.25) is 0 Å². The molecule has 0 aliphatic heterocycles. The van der Waals surface area contributed by atoms with E-state index in [1.165, 1.54) is 0 Å². The molecule has 2 aromatic rings. The first-order valence-electron chi connectivity index (χ1n) is 6.86. The number of methoxy groups -OCH3 is 1. The largest absolute Gasteiger partial charge is 0.495 e. The van der Waals surface area contributed by atoms with Gasteiger partial charge in [-0.25, -0.2) is 0 Å². The normalized spacial score (nSPS) is 15.9. The molecule has 3 heteroatoms. The van der Waals surface area contributed by atoms with E-state index in [1.807, 2.05) is 48.5 Å². The van der Waals surface area contributed by atoms with Gasteiger partial charge in [-0.1, -0.05) is 48.0 Å². The Labute approximate surface area is 129 Å². The smallest absolute Gasteiger partial charge is 0.189 e. The van der Waals surface area contributed by atoms with E-state index in [2.05, 4.69) is 0 Å². The summed E-state index contributed by atoms with van der Waals surface area (Å²) in [5, 5.41) is 0.541. The summed E-state index contributed by atoms with van der Waals surface area (Å²) >= 11 is 6.30. The molecule has 1 aliphatic rings. The summed E-state index contributed by atoms with van der Waals surface area (Å²) in [6.45, 7) is 0. The average Bonchev–Trinajstić information content (AvgIpc) is 2.52. The number of carbonyl (C=O) groups excluding carboxylic acids is 1. The van der Waals surface area contributed by atoms with Gasteiger partial charge in [-0.15, -0.1) is 0 Å². The van der Waals surface area contributed by atoms with Crippen molar-refractivity contribution in [1.82, 2.24) is 0 Å². The zero-order chi connectivity index (χ0) is 14.8. The molecule has 3 rings (SSSR count). The average molecular weight is 299 g/mol. The van der Waals surface area contributed by atoms with Crippen molar-refractivity contribution in [2.24, 2.45) is 0 Å². The Hall–Kier alpha value is -2.06. The number of hydrogen-bond donors (Lipinski definition) is 0. The van der Waals surface area contributed by atoms with Crippen molar-refractivity contribution in [1.29, 1.82) is 0 Å². The van der Waals surface area contributed by atoms with Crippen LogP contribution in [0.15, 0.2) is 48.0 Å². The molecule has 2 nitrogen and oxygen atoms in total. The van der Waals surface area contributed by atoms with Crippen LogP contribution in [0, 0.1) is 0 Å². The second-order valence-corrected chi connectivity index (χ2v) is 5.40. The molecule has 0 unspecified atom stereocenters. The predicted octanol–water partition coefficient (Wildman–Crippen LogP) is 4.56. The lowest BCUT2D eigenvalue weighted by molar-refractivity contribution is 0.102. The molecule has 106 valence electrons. The van der Waals surface area contributed by atoms with Crippen LogP contribution >= 0.6 is 11.6 Å². The van der Waals surface area contributed by atoms with Gasteiger partial charge in [-0.3, -0.25) is 4.79 Å². The molecule has 0 N–H and O–H groups in total. The summed E-state index contributed by atoms with van der Waals surface area (Å²) in [5.41, 5.74) is 3.54. The minimum atomic E-state index is 0.0933. The van der Waals surface area contributed by atoms with E-state index in [0.29, 0.717) is 10.8 Å². The number of allylic oxidation sites excluding steroid dienone is 1. The summed E-state index contributed by atoms with van der Waals surface area (Å²) in [7, 11) is 1.58. The van der Waals surface area contributed by atoms with Gasteiger partial charge in [0.15, 0.2) is 5.78 Å². The third-order valence-electron chi connectivity index (χ3n) is 3.76. The van der Waals surface area contributed by atoms with Crippen LogP contribution in [0.2, 0.25) is 5.02 Å². The van der Waals surface area contributed by atoms with Crippen molar-refractivity contribution >= 4 is 23.5 Å². The van der Waals surface area contributed by atoms with Crippen molar-refractivity contribution in [2.75, 3.05) is 7.11 Å². The van der Waals surface area contributed by atoms with Crippen LogP contribution in [-0.2, 0) is 6.42 Å². The zero-order valence-corrected chi connectivity index (χ0v) is 12.5. The van der Waals surface area contributed by atoms with Gasteiger partial charge in [0.25, 0.3) is 0 Å². The first-order valence-corrected chi connectivity index (χ1v) is 7.24. The highest BCUT2D eigenvalue weighted by Crippen LogP contribution is 2.32. The Morgan fingerprint density at radius 3 is 2.71 bits per heavy atom. The van der Waals surface area contributed by atoms with Gasteiger partial charge in [-0.2, -0.15) is 0 Å². The summed E-state index contributed by atoms with van der Waals surface area (Å²) in [5.74, 6) is 0.713. The molecule has 1 aliphatic carbocycles. The summed E-state index contributed by atoms with van der Waals surface area (Å²) in [4.78, 5) is 12.5. The van der Waals surface area contributed by atoms with E-state index in [-0.39, 0.29) is 5.78 Å². The van der Waals surface area contributed by atoms with Crippen LogP contribution in [0.25, 0.3) is 6.08 Å². The van der Waals surface area contributed by atoms with E-state index in [9.17, 15) is 4.79 Å². The standard InChI is InChI=1S/C18H15ClO2/c1-21-16-8-4-6-13(17(16)19)11-14-10-9-12-5-2-3-7-15(12)18(14)20/h2-8,11H,9-10H2,1H3/b14-11+. The van der Waals surface area contributed by atoms with Crippen molar-refractivity contribution in [2.45, 2.75) is 12.8 Å². The van der Waals surface area contributed by atoms with Crippen molar-refractivity contribution < 1.29 is 9.53 Å². The Morgan fingerprint density at radius 2 is 1.90 bits per heavy atom. The zero-order valence-electron chi connectivity index (χ0n) is 11.7. The Kier molecular flexibility index (Phi) is 3.80. The molecule has 0 radical (unpaired) electrons. The lowest BCUT2D eigenvalue weighted by atomic mass is 9.86. The fourth-order valence-corrected chi connectivity index (χ4v) is 2.90. The number of benzene rings is 2. The molecule has 0 heterocycles. The summed E-state index contributed by atoms with van der Waals surface area (Å²) in [6, 6.07) is 13.4. The number of ketones is 1. The van der Waals surface area contributed by atoms with Crippen molar-refractivity contribution in [3.63, 3.8) is 0 Å². The molecular formula is C18H15ClO2. The molecule has 0 amide bonds. The number of halogens is 1. The Balaban J connectivity index is 2.01. The number of rotatable bonds is 2. The molecule has 0 fully saturated rings. The molecule has 0 saturated carbocycles. The monoisotopic (exact) mass is 298 g/mol. The highest BCUT2D eigenvalue weighted by atomic mass is 35.5. The maximum Gasteiger partial charge on any atom is 0.189 e. The van der Waals surface area contributed by atoms with Crippen LogP contribution in [-0.4, -0.2) is 12.9 Å². The van der Waals surface area contributed by atoms with Crippen LogP contribution < -0.4 is 4.74 Å². The number of carbonyl (C=O) groups is 1. The van der Waals surface area contributed by atoms with Crippen LogP contribution in [0.1, 0.15) is 27.9 Å². The molecule has 0 spiro atoms. The molecule has 2 aromatic carbocycles. The second kappa shape index (κ2) is 5.74. The van der Waals surface area contributed by atoms with Crippen LogP contribution in [0.4, 0.5) is 0 Å². The lowest BCUT2D eigenvalue weighted by Crippen LogP contribution is -2.13. The summed E-state index contributed by atoms with van der Waals surface area (Å²) < 4.78 is 5.21. The second-order valence-electron chi connectivity index (χ2n) is 5.02. The van der Waals surface area contributed by atoms with Gasteiger partial charge in [0, 0.05) is 11.1 Å². The Morgan fingerprint density at radius 1 is 1.10 bits per heavy atom. The highest BCUT2D eigenvalue weighted by Gasteiger charge is 2.21. The van der Waals surface area contributed by atoms with Gasteiger partial charge in [0.1, 0.15) is 5.75 Å². The van der Waals surface area contributed by atoms with Crippen LogP contribution in [0.3, 0.4) is 0 Å². The lowest BCUT2D eigenvalue weighted by Gasteiger charge is -2.17. The molecule has 0 saturated heterocycles. The molecule has 0 atom stereocenters. The highest BCUT2D eigenvalue weighted by molar-refractivity contribution is 6.33. The predicted molar refractivity (Wildman–Crippen MR) is 85.1 cm³/mol. The summed E-state index contributed by atoms with van der Waals surface area (Å²) in [6.07, 6.45) is 3.50. The van der Waals surface area contributed by atoms with Gasteiger partial charge >= 0.3 is 0 Å². The van der Waals surface area contributed by atoms with E-state index < -0.39 is 0 Å². The van der Waals surface area contributed by atoms with Crippen LogP contribution in [0.5, 0.6) is 5.75 Å². The van der Waals surface area contributed by atoms with E-state index >= 15 is 0 Å². The van der Waals surface area contributed by atoms with Gasteiger partial charge in [0.05, 0.1) is 12.1 Å². The maximum atomic E-state index is 12.5. The third-order valence-corrected chi connectivity index (χ3v) is 4.16. The number of fused-ring (bicyclic) bond motifs is 1. The molecular weight excluding hydrogens is 284 g/mol. The number of hydrogen-bond acceptors (Lipinski definition) is 2.